The standard InChI is InChI=1S/C17H22N2O6/c1-4-24-13-9-11(5-6-12(13)25-10-14(20)21)15(22)19-8-7-18-16(23)17(19,2)3/h5-6,9H,4,7-8,10H2,1-3H3,(H,18,23)(H,20,21). The first-order chi connectivity index (χ1) is 11.8. The molecule has 1 heterocycles. The topological polar surface area (TPSA) is 105 Å². The average Bonchev–Trinajstić information content (AvgIpc) is 2.55. The lowest BCUT2D eigenvalue weighted by Crippen LogP contribution is -2.63. The maximum absolute atomic E-state index is 12.9. The number of nitrogens with one attached hydrogen (secondary N) is 1. The number of carbonyl (C=O) groups is 3. The molecule has 25 heavy (non-hydrogen) atoms. The number of rotatable bonds is 6. The van der Waals surface area contributed by atoms with Crippen LogP contribution in [0.5, 0.6) is 11.5 Å². The molecule has 1 aromatic carbocycles. The lowest BCUT2D eigenvalue weighted by Gasteiger charge is -2.41. The first-order valence-corrected chi connectivity index (χ1v) is 7.99. The van der Waals surface area contributed by atoms with Crippen molar-refractivity contribution in [3.63, 3.8) is 0 Å². The van der Waals surface area contributed by atoms with Crippen LogP contribution >= 0.6 is 0 Å². The minimum atomic E-state index is -1.11. The van der Waals surface area contributed by atoms with Gasteiger partial charge in [-0.1, -0.05) is 0 Å². The molecule has 136 valence electrons. The van der Waals surface area contributed by atoms with Crippen LogP contribution in [0.15, 0.2) is 18.2 Å². The van der Waals surface area contributed by atoms with Crippen LogP contribution in [0.25, 0.3) is 0 Å². The van der Waals surface area contributed by atoms with Crippen molar-refractivity contribution in [2.24, 2.45) is 0 Å². The number of carboxylic acids is 1. The number of carbonyl (C=O) groups excluding carboxylic acids is 2. The van der Waals surface area contributed by atoms with E-state index in [1.807, 2.05) is 0 Å². The normalized spacial score (nSPS) is 16.1. The molecular formula is C17H22N2O6. The number of hydrogen-bond acceptors (Lipinski definition) is 5. The van der Waals surface area contributed by atoms with Gasteiger partial charge in [0, 0.05) is 18.7 Å². The number of carboxylic acid groups (broad SMARTS) is 1. The van der Waals surface area contributed by atoms with E-state index in [4.69, 9.17) is 14.6 Å². The number of ether oxygens (including phenoxy) is 2. The summed E-state index contributed by atoms with van der Waals surface area (Å²) in [7, 11) is 0. The van der Waals surface area contributed by atoms with Crippen molar-refractivity contribution in [1.29, 1.82) is 0 Å². The number of hydrogen-bond donors (Lipinski definition) is 2. The maximum Gasteiger partial charge on any atom is 0.341 e. The fourth-order valence-corrected chi connectivity index (χ4v) is 2.58. The van der Waals surface area contributed by atoms with Gasteiger partial charge in [0.25, 0.3) is 5.91 Å². The minimum absolute atomic E-state index is 0.210. The van der Waals surface area contributed by atoms with Crippen LogP contribution in [0.4, 0.5) is 0 Å². The molecule has 0 spiro atoms. The van der Waals surface area contributed by atoms with E-state index < -0.39 is 18.1 Å². The molecule has 0 saturated carbocycles. The van der Waals surface area contributed by atoms with Crippen LogP contribution in [0, 0.1) is 0 Å². The van der Waals surface area contributed by atoms with Gasteiger partial charge in [0.2, 0.25) is 5.91 Å². The van der Waals surface area contributed by atoms with Gasteiger partial charge in [0.05, 0.1) is 6.61 Å². The second-order valence-electron chi connectivity index (χ2n) is 6.05. The zero-order valence-electron chi connectivity index (χ0n) is 14.5. The Balaban J connectivity index is 2.29. The van der Waals surface area contributed by atoms with Gasteiger partial charge < -0.3 is 24.8 Å². The third kappa shape index (κ3) is 4.01. The second kappa shape index (κ2) is 7.42. The van der Waals surface area contributed by atoms with Crippen LogP contribution in [0.2, 0.25) is 0 Å². The molecule has 0 unspecified atom stereocenters. The Morgan fingerprint density at radius 2 is 2.00 bits per heavy atom. The zero-order chi connectivity index (χ0) is 18.6. The molecule has 1 aliphatic heterocycles. The first-order valence-electron chi connectivity index (χ1n) is 7.99. The Bertz CT molecular complexity index is 686. The fraction of sp³-hybridized carbons (Fsp3) is 0.471. The molecule has 1 fully saturated rings. The van der Waals surface area contributed by atoms with Crippen molar-refractivity contribution in [3.8, 4) is 11.5 Å². The average molecular weight is 350 g/mol. The van der Waals surface area contributed by atoms with Crippen LogP contribution in [0.1, 0.15) is 31.1 Å². The highest BCUT2D eigenvalue weighted by Crippen LogP contribution is 2.30. The molecule has 0 atom stereocenters. The summed E-state index contributed by atoms with van der Waals surface area (Å²) in [5.41, 5.74) is -0.617. The van der Waals surface area contributed by atoms with Gasteiger partial charge in [-0.15, -0.1) is 0 Å². The second-order valence-corrected chi connectivity index (χ2v) is 6.05. The Morgan fingerprint density at radius 1 is 1.28 bits per heavy atom. The van der Waals surface area contributed by atoms with E-state index in [2.05, 4.69) is 5.32 Å². The molecular weight excluding hydrogens is 328 g/mol. The summed E-state index contributed by atoms with van der Waals surface area (Å²) in [6, 6.07) is 4.54. The number of piperazine rings is 1. The summed E-state index contributed by atoms with van der Waals surface area (Å²) < 4.78 is 10.6. The van der Waals surface area contributed by atoms with Crippen molar-refractivity contribution in [1.82, 2.24) is 10.2 Å². The number of benzene rings is 1. The van der Waals surface area contributed by atoms with Gasteiger partial charge in [0.15, 0.2) is 18.1 Å². The van der Waals surface area contributed by atoms with E-state index >= 15 is 0 Å². The summed E-state index contributed by atoms with van der Waals surface area (Å²) >= 11 is 0. The Morgan fingerprint density at radius 3 is 2.64 bits per heavy atom. The van der Waals surface area contributed by atoms with E-state index in [-0.39, 0.29) is 23.3 Å². The van der Waals surface area contributed by atoms with Crippen molar-refractivity contribution in [2.75, 3.05) is 26.3 Å². The van der Waals surface area contributed by atoms with E-state index in [0.717, 1.165) is 0 Å². The molecule has 8 heteroatoms. The molecule has 2 rings (SSSR count). The molecule has 8 nitrogen and oxygen atoms in total. The molecule has 1 aromatic rings. The zero-order valence-corrected chi connectivity index (χ0v) is 14.5. The summed E-state index contributed by atoms with van der Waals surface area (Å²) in [4.78, 5) is 37.0. The predicted octanol–water partition coefficient (Wildman–Crippen LogP) is 0.899. The number of aliphatic carboxylic acids is 1. The van der Waals surface area contributed by atoms with Gasteiger partial charge in [0.1, 0.15) is 5.54 Å². The molecule has 1 saturated heterocycles. The van der Waals surface area contributed by atoms with Crippen LogP contribution in [0.3, 0.4) is 0 Å². The minimum Gasteiger partial charge on any atom is -0.490 e. The van der Waals surface area contributed by atoms with Crippen molar-refractivity contribution < 1.29 is 29.0 Å². The van der Waals surface area contributed by atoms with Crippen LogP contribution < -0.4 is 14.8 Å². The largest absolute Gasteiger partial charge is 0.490 e. The third-order valence-corrected chi connectivity index (χ3v) is 3.94. The fourth-order valence-electron chi connectivity index (χ4n) is 2.58. The first kappa shape index (κ1) is 18.6. The highest BCUT2D eigenvalue weighted by molar-refractivity contribution is 6.00. The Hall–Kier alpha value is -2.77. The predicted molar refractivity (Wildman–Crippen MR) is 88.9 cm³/mol. The van der Waals surface area contributed by atoms with Gasteiger partial charge in [-0.25, -0.2) is 4.79 Å². The monoisotopic (exact) mass is 350 g/mol. The molecule has 2 amide bonds. The van der Waals surface area contributed by atoms with Gasteiger partial charge in [-0.2, -0.15) is 0 Å². The van der Waals surface area contributed by atoms with Crippen LogP contribution in [-0.4, -0.2) is 59.6 Å². The Kier molecular flexibility index (Phi) is 5.51. The smallest absolute Gasteiger partial charge is 0.341 e. The van der Waals surface area contributed by atoms with Crippen molar-refractivity contribution in [3.05, 3.63) is 23.8 Å². The molecule has 0 aromatic heterocycles. The number of amides is 2. The third-order valence-electron chi connectivity index (χ3n) is 3.94. The van der Waals surface area contributed by atoms with Crippen molar-refractivity contribution >= 4 is 17.8 Å². The summed E-state index contributed by atoms with van der Waals surface area (Å²) in [5.74, 6) is -1.09. The summed E-state index contributed by atoms with van der Waals surface area (Å²) in [6.45, 7) is 5.77. The van der Waals surface area contributed by atoms with E-state index in [1.165, 1.54) is 23.1 Å². The highest BCUT2D eigenvalue weighted by atomic mass is 16.5. The van der Waals surface area contributed by atoms with Crippen LogP contribution in [-0.2, 0) is 9.59 Å². The van der Waals surface area contributed by atoms with Gasteiger partial charge >= 0.3 is 5.97 Å². The SMILES string of the molecule is CCOc1cc(C(=O)N2CCNC(=O)C2(C)C)ccc1OCC(=O)O. The van der Waals surface area contributed by atoms with Gasteiger partial charge in [-0.3, -0.25) is 9.59 Å². The van der Waals surface area contributed by atoms with Crippen molar-refractivity contribution in [2.45, 2.75) is 26.3 Å². The quantitative estimate of drug-likeness (QED) is 0.790. The summed E-state index contributed by atoms with van der Waals surface area (Å²) in [6.07, 6.45) is 0. The summed E-state index contributed by atoms with van der Waals surface area (Å²) in [5, 5.41) is 11.5. The molecule has 0 radical (unpaired) electrons. The van der Waals surface area contributed by atoms with E-state index in [1.54, 1.807) is 20.8 Å². The van der Waals surface area contributed by atoms with E-state index in [0.29, 0.717) is 25.3 Å². The molecule has 2 N–H and O–H groups in total. The molecule has 0 aliphatic carbocycles. The Labute approximate surface area is 145 Å². The van der Waals surface area contributed by atoms with E-state index in [9.17, 15) is 14.4 Å². The number of nitrogens with zero attached hydrogens (tertiary/aromatic N) is 1. The maximum atomic E-state index is 12.9. The molecule has 1 aliphatic rings. The lowest BCUT2D eigenvalue weighted by atomic mass is 9.97. The highest BCUT2D eigenvalue weighted by Gasteiger charge is 2.40. The van der Waals surface area contributed by atoms with Gasteiger partial charge in [-0.05, 0) is 39.0 Å². The molecule has 0 bridgehead atoms. The lowest BCUT2D eigenvalue weighted by molar-refractivity contribution is -0.139.